The van der Waals surface area contributed by atoms with Gasteiger partial charge in [0.2, 0.25) is 5.88 Å². The van der Waals surface area contributed by atoms with E-state index in [0.29, 0.717) is 24.1 Å². The van der Waals surface area contributed by atoms with E-state index in [4.69, 9.17) is 15.2 Å². The highest BCUT2D eigenvalue weighted by atomic mass is 16.5. The predicted molar refractivity (Wildman–Crippen MR) is 76.6 cm³/mol. The molecule has 0 amide bonds. The number of ether oxygens (including phenoxy) is 2. The number of rotatable bonds is 5. The zero-order valence-corrected chi connectivity index (χ0v) is 11.8. The lowest BCUT2D eigenvalue weighted by molar-refractivity contribution is 0.0685. The molecular formula is C14H23N3O2. The molecule has 1 aromatic heterocycles. The number of nitrogen functional groups attached to an aromatic ring is 1. The minimum absolute atomic E-state index is 0.527. The maximum absolute atomic E-state index is 5.84. The Morgan fingerprint density at radius 3 is 2.84 bits per heavy atom. The molecule has 0 saturated carbocycles. The van der Waals surface area contributed by atoms with E-state index in [2.05, 4.69) is 16.9 Å². The second-order valence-electron chi connectivity index (χ2n) is 4.93. The number of nitrogens with two attached hydrogens (primary N) is 1. The van der Waals surface area contributed by atoms with E-state index in [9.17, 15) is 0 Å². The molecule has 0 aromatic carbocycles. The molecule has 0 aliphatic carbocycles. The molecule has 1 saturated heterocycles. The van der Waals surface area contributed by atoms with E-state index in [1.165, 1.54) is 0 Å². The molecule has 0 bridgehead atoms. The monoisotopic (exact) mass is 265 g/mol. The molecule has 0 atom stereocenters. The molecule has 5 nitrogen and oxygen atoms in total. The number of nitrogens with zero attached hydrogens (tertiary/aromatic N) is 2. The van der Waals surface area contributed by atoms with Gasteiger partial charge in [0, 0.05) is 26.8 Å². The van der Waals surface area contributed by atoms with Gasteiger partial charge in [-0.15, -0.1) is 0 Å². The Labute approximate surface area is 114 Å². The summed E-state index contributed by atoms with van der Waals surface area (Å²) in [4.78, 5) is 6.64. The Hall–Kier alpha value is -1.49. The normalized spacial score (nSPS) is 16.3. The van der Waals surface area contributed by atoms with Crippen LogP contribution >= 0.6 is 0 Å². The molecule has 2 N–H and O–H groups in total. The maximum atomic E-state index is 5.84. The van der Waals surface area contributed by atoms with Crippen LogP contribution in [0.15, 0.2) is 12.1 Å². The van der Waals surface area contributed by atoms with Crippen LogP contribution < -0.4 is 15.4 Å². The summed E-state index contributed by atoms with van der Waals surface area (Å²) in [5.74, 6) is 2.11. The second-order valence-corrected chi connectivity index (χ2v) is 4.93. The van der Waals surface area contributed by atoms with Crippen LogP contribution in [-0.2, 0) is 4.74 Å². The first-order valence-electron chi connectivity index (χ1n) is 6.89. The van der Waals surface area contributed by atoms with Gasteiger partial charge < -0.3 is 20.1 Å². The van der Waals surface area contributed by atoms with Gasteiger partial charge in [0.15, 0.2) is 0 Å². The Balaban J connectivity index is 2.01. The lowest BCUT2D eigenvalue weighted by Gasteiger charge is -2.28. The zero-order valence-electron chi connectivity index (χ0n) is 11.8. The highest BCUT2D eigenvalue weighted by molar-refractivity contribution is 5.54. The number of anilines is 2. The van der Waals surface area contributed by atoms with Crippen LogP contribution in [0.5, 0.6) is 5.88 Å². The van der Waals surface area contributed by atoms with Gasteiger partial charge in [-0.1, -0.05) is 0 Å². The lowest BCUT2D eigenvalue weighted by Crippen LogP contribution is -2.30. The van der Waals surface area contributed by atoms with E-state index < -0.39 is 0 Å². The summed E-state index contributed by atoms with van der Waals surface area (Å²) in [5.41, 5.74) is 6.43. The molecule has 1 aliphatic heterocycles. The molecule has 2 heterocycles. The van der Waals surface area contributed by atoms with Crippen LogP contribution in [0.1, 0.15) is 19.8 Å². The topological polar surface area (TPSA) is 60.6 Å². The van der Waals surface area contributed by atoms with E-state index in [1.807, 2.05) is 19.1 Å². The van der Waals surface area contributed by atoms with Gasteiger partial charge in [-0.3, -0.25) is 0 Å². The molecule has 0 radical (unpaired) electrons. The van der Waals surface area contributed by atoms with Gasteiger partial charge in [-0.05, 0) is 37.8 Å². The summed E-state index contributed by atoms with van der Waals surface area (Å²) in [5, 5.41) is 0. The molecule has 1 fully saturated rings. The Kier molecular flexibility index (Phi) is 4.85. The zero-order chi connectivity index (χ0) is 13.7. The molecule has 106 valence electrons. The van der Waals surface area contributed by atoms with Crippen LogP contribution in [0.4, 0.5) is 11.5 Å². The highest BCUT2D eigenvalue weighted by Crippen LogP contribution is 2.24. The SMILES string of the molecule is CCOc1nc(N(C)CC2CCOCC2)ccc1N. The van der Waals surface area contributed by atoms with Crippen molar-refractivity contribution in [3.8, 4) is 5.88 Å². The molecule has 1 aromatic rings. The number of aromatic nitrogens is 1. The van der Waals surface area contributed by atoms with Crippen molar-refractivity contribution in [2.24, 2.45) is 5.92 Å². The third-order valence-electron chi connectivity index (χ3n) is 3.42. The van der Waals surface area contributed by atoms with Crippen molar-refractivity contribution >= 4 is 11.5 Å². The summed E-state index contributed by atoms with van der Waals surface area (Å²) in [7, 11) is 2.06. The van der Waals surface area contributed by atoms with Gasteiger partial charge in [0.25, 0.3) is 0 Å². The van der Waals surface area contributed by atoms with Crippen LogP contribution in [0.2, 0.25) is 0 Å². The average molecular weight is 265 g/mol. The van der Waals surface area contributed by atoms with Crippen LogP contribution in [0, 0.1) is 5.92 Å². The van der Waals surface area contributed by atoms with Crippen molar-refractivity contribution in [3.05, 3.63) is 12.1 Å². The fourth-order valence-corrected chi connectivity index (χ4v) is 2.32. The van der Waals surface area contributed by atoms with Crippen LogP contribution in [0.25, 0.3) is 0 Å². The molecule has 2 rings (SSSR count). The predicted octanol–water partition coefficient (Wildman–Crippen LogP) is 1.93. The Bertz CT molecular complexity index is 406. The number of pyridine rings is 1. The molecule has 0 spiro atoms. The standard InChI is InChI=1S/C14H23N3O2/c1-3-19-14-12(15)4-5-13(16-14)17(2)10-11-6-8-18-9-7-11/h4-5,11H,3,6-10,15H2,1-2H3. The van der Waals surface area contributed by atoms with Crippen LogP contribution in [-0.4, -0.2) is 38.4 Å². The van der Waals surface area contributed by atoms with E-state index in [0.717, 1.165) is 38.4 Å². The molecule has 5 heteroatoms. The van der Waals surface area contributed by atoms with Crippen molar-refractivity contribution in [1.82, 2.24) is 4.98 Å². The van der Waals surface area contributed by atoms with Crippen molar-refractivity contribution in [1.29, 1.82) is 0 Å². The fourth-order valence-electron chi connectivity index (χ4n) is 2.32. The highest BCUT2D eigenvalue weighted by Gasteiger charge is 2.17. The van der Waals surface area contributed by atoms with Gasteiger partial charge in [0.05, 0.1) is 12.3 Å². The van der Waals surface area contributed by atoms with Gasteiger partial charge in [-0.25, -0.2) is 0 Å². The molecule has 0 unspecified atom stereocenters. The summed E-state index contributed by atoms with van der Waals surface area (Å²) in [6.45, 7) is 5.24. The Morgan fingerprint density at radius 2 is 2.16 bits per heavy atom. The smallest absolute Gasteiger partial charge is 0.239 e. The first-order valence-corrected chi connectivity index (χ1v) is 6.89. The lowest BCUT2D eigenvalue weighted by atomic mass is 10.00. The number of hydrogen-bond donors (Lipinski definition) is 1. The minimum Gasteiger partial charge on any atom is -0.476 e. The van der Waals surface area contributed by atoms with Crippen molar-refractivity contribution in [2.75, 3.05) is 44.0 Å². The summed E-state index contributed by atoms with van der Waals surface area (Å²) >= 11 is 0. The maximum Gasteiger partial charge on any atom is 0.239 e. The molecule has 1 aliphatic rings. The summed E-state index contributed by atoms with van der Waals surface area (Å²) in [6.07, 6.45) is 2.25. The first kappa shape index (κ1) is 13.9. The van der Waals surface area contributed by atoms with Crippen molar-refractivity contribution < 1.29 is 9.47 Å². The van der Waals surface area contributed by atoms with Gasteiger partial charge in [0.1, 0.15) is 5.82 Å². The van der Waals surface area contributed by atoms with E-state index in [1.54, 1.807) is 0 Å². The summed E-state index contributed by atoms with van der Waals surface area (Å²) < 4.78 is 10.8. The number of hydrogen-bond acceptors (Lipinski definition) is 5. The third-order valence-corrected chi connectivity index (χ3v) is 3.42. The summed E-state index contributed by atoms with van der Waals surface area (Å²) in [6, 6.07) is 3.80. The quantitative estimate of drug-likeness (QED) is 0.881. The first-order chi connectivity index (χ1) is 9.20. The van der Waals surface area contributed by atoms with E-state index in [-0.39, 0.29) is 0 Å². The van der Waals surface area contributed by atoms with Crippen LogP contribution in [0.3, 0.4) is 0 Å². The van der Waals surface area contributed by atoms with Crippen molar-refractivity contribution in [2.45, 2.75) is 19.8 Å². The van der Waals surface area contributed by atoms with Gasteiger partial charge in [-0.2, -0.15) is 4.98 Å². The second kappa shape index (κ2) is 6.61. The average Bonchev–Trinajstić information content (AvgIpc) is 2.42. The fraction of sp³-hybridized carbons (Fsp3) is 0.643. The van der Waals surface area contributed by atoms with E-state index >= 15 is 0 Å². The molecule has 19 heavy (non-hydrogen) atoms. The largest absolute Gasteiger partial charge is 0.476 e. The molecular weight excluding hydrogens is 242 g/mol. The van der Waals surface area contributed by atoms with Crippen molar-refractivity contribution in [3.63, 3.8) is 0 Å². The van der Waals surface area contributed by atoms with Gasteiger partial charge >= 0.3 is 0 Å². The minimum atomic E-state index is 0.527. The third kappa shape index (κ3) is 3.73. The Morgan fingerprint density at radius 1 is 1.42 bits per heavy atom.